The highest BCUT2D eigenvalue weighted by Crippen LogP contribution is 2.25. The molecule has 1 saturated carbocycles. The van der Waals surface area contributed by atoms with Crippen molar-refractivity contribution in [3.63, 3.8) is 0 Å². The summed E-state index contributed by atoms with van der Waals surface area (Å²) in [5, 5.41) is 13.7. The van der Waals surface area contributed by atoms with Crippen molar-refractivity contribution >= 4 is 32.7 Å². The largest absolute Gasteiger partial charge is 0.393 e. The minimum Gasteiger partial charge on any atom is -0.393 e. The topological polar surface area (TPSA) is 65.1 Å². The van der Waals surface area contributed by atoms with E-state index >= 15 is 0 Å². The Balaban J connectivity index is 1.69. The van der Waals surface area contributed by atoms with Gasteiger partial charge in [-0.3, -0.25) is 4.79 Å². The number of aromatic amines is 1. The van der Waals surface area contributed by atoms with Gasteiger partial charge < -0.3 is 15.4 Å². The number of halogens is 1. The van der Waals surface area contributed by atoms with Gasteiger partial charge in [-0.2, -0.15) is 0 Å². The predicted octanol–water partition coefficient (Wildman–Crippen LogP) is 2.82. The Labute approximate surface area is 125 Å². The van der Waals surface area contributed by atoms with Crippen molar-refractivity contribution in [2.75, 3.05) is 6.54 Å². The van der Waals surface area contributed by atoms with Gasteiger partial charge in [0.1, 0.15) is 5.69 Å². The normalized spacial score (nSPS) is 22.3. The molecule has 0 aliphatic heterocycles. The van der Waals surface area contributed by atoms with Crippen LogP contribution in [0.1, 0.15) is 29.8 Å². The Kier molecular flexibility index (Phi) is 3.81. The molecule has 1 aliphatic rings. The van der Waals surface area contributed by atoms with Crippen molar-refractivity contribution in [3.8, 4) is 0 Å². The summed E-state index contributed by atoms with van der Waals surface area (Å²) in [5.41, 5.74) is 1.50. The third kappa shape index (κ3) is 2.74. The molecule has 3 rings (SSSR count). The van der Waals surface area contributed by atoms with E-state index in [0.717, 1.165) is 34.6 Å². The first kappa shape index (κ1) is 13.6. The Morgan fingerprint density at radius 2 is 2.25 bits per heavy atom. The summed E-state index contributed by atoms with van der Waals surface area (Å²) in [6.45, 7) is 0.541. The average molecular weight is 337 g/mol. The zero-order valence-electron chi connectivity index (χ0n) is 11.0. The fourth-order valence-corrected chi connectivity index (χ4v) is 3.18. The molecule has 1 aromatic carbocycles. The first-order chi connectivity index (χ1) is 9.63. The van der Waals surface area contributed by atoms with Crippen LogP contribution < -0.4 is 5.32 Å². The van der Waals surface area contributed by atoms with Gasteiger partial charge in [-0.25, -0.2) is 0 Å². The van der Waals surface area contributed by atoms with Crippen LogP contribution in [0.15, 0.2) is 28.7 Å². The van der Waals surface area contributed by atoms with Crippen molar-refractivity contribution in [2.24, 2.45) is 5.92 Å². The lowest BCUT2D eigenvalue weighted by Gasteiger charge is -2.14. The van der Waals surface area contributed by atoms with Gasteiger partial charge in [0, 0.05) is 27.8 Å². The van der Waals surface area contributed by atoms with Crippen LogP contribution in [0.3, 0.4) is 0 Å². The van der Waals surface area contributed by atoms with Crippen molar-refractivity contribution in [1.29, 1.82) is 0 Å². The number of hydrogen-bond acceptors (Lipinski definition) is 2. The lowest BCUT2D eigenvalue weighted by molar-refractivity contribution is 0.0913. The first-order valence-electron chi connectivity index (χ1n) is 6.88. The summed E-state index contributed by atoms with van der Waals surface area (Å²) in [4.78, 5) is 15.2. The molecule has 0 spiro atoms. The van der Waals surface area contributed by atoms with Crippen molar-refractivity contribution in [1.82, 2.24) is 10.3 Å². The zero-order valence-corrected chi connectivity index (χ0v) is 12.6. The van der Waals surface area contributed by atoms with Crippen LogP contribution in [0.2, 0.25) is 0 Å². The van der Waals surface area contributed by atoms with E-state index in [1.54, 1.807) is 0 Å². The molecule has 1 heterocycles. The van der Waals surface area contributed by atoms with Crippen LogP contribution in [0.5, 0.6) is 0 Å². The second-order valence-corrected chi connectivity index (χ2v) is 6.30. The van der Waals surface area contributed by atoms with Gasteiger partial charge in [0.2, 0.25) is 0 Å². The molecule has 1 aromatic heterocycles. The molecular weight excluding hydrogens is 320 g/mol. The number of rotatable bonds is 3. The Hall–Kier alpha value is -1.33. The molecule has 5 heteroatoms. The first-order valence-corrected chi connectivity index (χ1v) is 7.67. The molecule has 2 atom stereocenters. The SMILES string of the molecule is O=C(NCC1CCCC1O)c1cc2cc(Br)ccc2[nH]1. The summed E-state index contributed by atoms with van der Waals surface area (Å²) in [6.07, 6.45) is 2.61. The smallest absolute Gasteiger partial charge is 0.267 e. The van der Waals surface area contributed by atoms with E-state index in [2.05, 4.69) is 26.2 Å². The molecule has 1 amide bonds. The Bertz CT molecular complexity index is 638. The van der Waals surface area contributed by atoms with E-state index in [0.29, 0.717) is 12.2 Å². The number of aliphatic hydroxyl groups is 1. The zero-order chi connectivity index (χ0) is 14.1. The van der Waals surface area contributed by atoms with Crippen molar-refractivity contribution in [2.45, 2.75) is 25.4 Å². The number of aromatic nitrogens is 1. The van der Waals surface area contributed by atoms with Crippen molar-refractivity contribution < 1.29 is 9.90 Å². The number of fused-ring (bicyclic) bond motifs is 1. The van der Waals surface area contributed by atoms with Crippen LogP contribution in [0, 0.1) is 5.92 Å². The lowest BCUT2D eigenvalue weighted by atomic mass is 10.1. The molecule has 1 aliphatic carbocycles. The van der Waals surface area contributed by atoms with Crippen molar-refractivity contribution in [3.05, 3.63) is 34.4 Å². The summed E-state index contributed by atoms with van der Waals surface area (Å²) in [6, 6.07) is 7.70. The standard InChI is InChI=1S/C15H17BrN2O2/c16-11-4-5-12-10(6-11)7-13(18-12)15(20)17-8-9-2-1-3-14(9)19/h4-7,9,14,18-19H,1-3,8H2,(H,17,20). The van der Waals surface area contributed by atoms with Gasteiger partial charge in [0.05, 0.1) is 6.10 Å². The fraction of sp³-hybridized carbons (Fsp3) is 0.400. The lowest BCUT2D eigenvalue weighted by Crippen LogP contribution is -2.32. The number of H-pyrrole nitrogens is 1. The molecular formula is C15H17BrN2O2. The minimum atomic E-state index is -0.269. The van der Waals surface area contributed by atoms with E-state index in [1.165, 1.54) is 0 Å². The molecule has 2 aromatic rings. The summed E-state index contributed by atoms with van der Waals surface area (Å²) < 4.78 is 0.991. The van der Waals surface area contributed by atoms with E-state index < -0.39 is 0 Å². The van der Waals surface area contributed by atoms with Gasteiger partial charge in [-0.05, 0) is 37.1 Å². The predicted molar refractivity (Wildman–Crippen MR) is 81.7 cm³/mol. The maximum atomic E-state index is 12.1. The minimum absolute atomic E-state index is 0.114. The summed E-state index contributed by atoms with van der Waals surface area (Å²) in [5.74, 6) is 0.0777. The third-order valence-corrected chi connectivity index (χ3v) is 4.46. The molecule has 1 fully saturated rings. The molecule has 0 saturated heterocycles. The van der Waals surface area contributed by atoms with Crippen LogP contribution in [0.4, 0.5) is 0 Å². The number of amides is 1. The third-order valence-electron chi connectivity index (χ3n) is 3.97. The summed E-state index contributed by atoms with van der Waals surface area (Å²) in [7, 11) is 0. The summed E-state index contributed by atoms with van der Waals surface area (Å²) >= 11 is 3.42. The van der Waals surface area contributed by atoms with E-state index in [4.69, 9.17) is 0 Å². The second kappa shape index (κ2) is 5.58. The number of carbonyl (C=O) groups is 1. The maximum absolute atomic E-state index is 12.1. The Morgan fingerprint density at radius 1 is 1.40 bits per heavy atom. The molecule has 0 bridgehead atoms. The van der Waals surface area contributed by atoms with Gasteiger partial charge in [-0.1, -0.05) is 22.4 Å². The quantitative estimate of drug-likeness (QED) is 0.806. The number of carbonyl (C=O) groups excluding carboxylic acids is 1. The van der Waals surface area contributed by atoms with Crippen LogP contribution in [-0.4, -0.2) is 28.6 Å². The van der Waals surface area contributed by atoms with E-state index in [1.807, 2.05) is 24.3 Å². The highest BCUT2D eigenvalue weighted by atomic mass is 79.9. The molecule has 106 valence electrons. The highest BCUT2D eigenvalue weighted by molar-refractivity contribution is 9.10. The molecule has 4 nitrogen and oxygen atoms in total. The van der Waals surface area contributed by atoms with Gasteiger partial charge in [0.25, 0.3) is 5.91 Å². The van der Waals surface area contributed by atoms with Crippen LogP contribution in [-0.2, 0) is 0 Å². The molecule has 2 unspecified atom stereocenters. The fourth-order valence-electron chi connectivity index (χ4n) is 2.80. The number of aliphatic hydroxyl groups excluding tert-OH is 1. The monoisotopic (exact) mass is 336 g/mol. The second-order valence-electron chi connectivity index (χ2n) is 5.38. The number of hydrogen-bond donors (Lipinski definition) is 3. The van der Waals surface area contributed by atoms with E-state index in [-0.39, 0.29) is 17.9 Å². The average Bonchev–Trinajstić information content (AvgIpc) is 3.01. The maximum Gasteiger partial charge on any atom is 0.267 e. The van der Waals surface area contributed by atoms with Gasteiger partial charge in [-0.15, -0.1) is 0 Å². The van der Waals surface area contributed by atoms with Gasteiger partial charge in [0.15, 0.2) is 0 Å². The highest BCUT2D eigenvalue weighted by Gasteiger charge is 2.25. The number of benzene rings is 1. The van der Waals surface area contributed by atoms with Crippen LogP contribution >= 0.6 is 15.9 Å². The molecule has 20 heavy (non-hydrogen) atoms. The number of nitrogens with one attached hydrogen (secondary N) is 2. The molecule has 0 radical (unpaired) electrons. The van der Waals surface area contributed by atoms with Gasteiger partial charge >= 0.3 is 0 Å². The Morgan fingerprint density at radius 3 is 3.00 bits per heavy atom. The molecule has 3 N–H and O–H groups in total. The van der Waals surface area contributed by atoms with E-state index in [9.17, 15) is 9.90 Å². The van der Waals surface area contributed by atoms with Crippen LogP contribution in [0.25, 0.3) is 10.9 Å².